The normalized spacial score (nSPS) is 17.7. The highest BCUT2D eigenvalue weighted by Crippen LogP contribution is 2.42. The molecule has 0 unspecified atom stereocenters. The Morgan fingerprint density at radius 3 is 2.48 bits per heavy atom. The fourth-order valence-electron chi connectivity index (χ4n) is 4.22. The highest BCUT2D eigenvalue weighted by molar-refractivity contribution is 9.10. The Morgan fingerprint density at radius 2 is 1.78 bits per heavy atom. The van der Waals surface area contributed by atoms with Gasteiger partial charge in [0, 0.05) is 59.6 Å². The molecule has 27 heavy (non-hydrogen) atoms. The van der Waals surface area contributed by atoms with Gasteiger partial charge in [-0.05, 0) is 30.3 Å². The third-order valence-electron chi connectivity index (χ3n) is 5.65. The SMILES string of the molecule is CC(=O)N1CC2(C1)CN(c1ccc(-c3ncnc4ccc(Br)cc34)cc1)C2. The van der Waals surface area contributed by atoms with Gasteiger partial charge < -0.3 is 9.80 Å². The molecule has 0 radical (unpaired) electrons. The zero-order chi connectivity index (χ0) is 18.6. The number of nitrogens with zero attached hydrogens (tertiary/aromatic N) is 4. The zero-order valence-electron chi connectivity index (χ0n) is 15.0. The number of hydrogen-bond donors (Lipinski definition) is 0. The second kappa shape index (κ2) is 6.02. The molecule has 3 aromatic rings. The topological polar surface area (TPSA) is 49.3 Å². The Balaban J connectivity index is 1.35. The number of halogens is 1. The van der Waals surface area contributed by atoms with Crippen molar-refractivity contribution in [1.82, 2.24) is 14.9 Å². The van der Waals surface area contributed by atoms with Crippen LogP contribution in [-0.2, 0) is 4.79 Å². The molecule has 3 heterocycles. The largest absolute Gasteiger partial charge is 0.370 e. The average Bonchev–Trinajstić information content (AvgIpc) is 2.59. The summed E-state index contributed by atoms with van der Waals surface area (Å²) in [5.74, 6) is 0.187. The van der Waals surface area contributed by atoms with Crippen molar-refractivity contribution in [3.05, 3.63) is 53.3 Å². The number of anilines is 1. The zero-order valence-corrected chi connectivity index (χ0v) is 16.6. The molecule has 2 fully saturated rings. The molecule has 1 aromatic heterocycles. The summed E-state index contributed by atoms with van der Waals surface area (Å²) >= 11 is 3.54. The second-order valence-electron chi connectivity index (χ2n) is 7.66. The van der Waals surface area contributed by atoms with Crippen LogP contribution in [-0.4, -0.2) is 47.0 Å². The number of rotatable bonds is 2. The van der Waals surface area contributed by atoms with E-state index in [4.69, 9.17) is 0 Å². The average molecular weight is 423 g/mol. The summed E-state index contributed by atoms with van der Waals surface area (Å²) in [6, 6.07) is 14.6. The summed E-state index contributed by atoms with van der Waals surface area (Å²) in [6.07, 6.45) is 1.62. The van der Waals surface area contributed by atoms with E-state index in [0.717, 1.165) is 52.8 Å². The van der Waals surface area contributed by atoms with Crippen LogP contribution < -0.4 is 4.90 Å². The van der Waals surface area contributed by atoms with E-state index in [2.05, 4.69) is 61.1 Å². The summed E-state index contributed by atoms with van der Waals surface area (Å²) in [5, 5.41) is 1.04. The summed E-state index contributed by atoms with van der Waals surface area (Å²) in [4.78, 5) is 24.6. The highest BCUT2D eigenvalue weighted by atomic mass is 79.9. The maximum absolute atomic E-state index is 11.4. The van der Waals surface area contributed by atoms with E-state index in [1.807, 2.05) is 17.0 Å². The van der Waals surface area contributed by atoms with Gasteiger partial charge in [0.05, 0.1) is 11.2 Å². The van der Waals surface area contributed by atoms with Crippen LogP contribution in [0.25, 0.3) is 22.2 Å². The first-order valence-electron chi connectivity index (χ1n) is 9.04. The summed E-state index contributed by atoms with van der Waals surface area (Å²) in [7, 11) is 0. The number of aromatic nitrogens is 2. The minimum absolute atomic E-state index is 0.187. The Bertz CT molecular complexity index is 1040. The molecule has 2 aromatic carbocycles. The molecule has 2 aliphatic rings. The first-order valence-corrected chi connectivity index (χ1v) is 9.84. The predicted molar refractivity (Wildman–Crippen MR) is 110 cm³/mol. The maximum atomic E-state index is 11.4. The third-order valence-corrected chi connectivity index (χ3v) is 6.15. The van der Waals surface area contributed by atoms with Crippen LogP contribution in [0.5, 0.6) is 0 Å². The Labute approximate surface area is 166 Å². The number of amides is 1. The van der Waals surface area contributed by atoms with Gasteiger partial charge in [-0.3, -0.25) is 4.79 Å². The van der Waals surface area contributed by atoms with E-state index in [9.17, 15) is 4.79 Å². The number of carbonyl (C=O) groups excluding carboxylic acids is 1. The maximum Gasteiger partial charge on any atom is 0.219 e. The van der Waals surface area contributed by atoms with Crippen molar-refractivity contribution in [2.24, 2.45) is 5.41 Å². The molecule has 0 aliphatic carbocycles. The van der Waals surface area contributed by atoms with Crippen LogP contribution in [0, 0.1) is 5.41 Å². The molecular formula is C21H19BrN4O. The molecule has 0 atom stereocenters. The van der Waals surface area contributed by atoms with Gasteiger partial charge in [0.1, 0.15) is 6.33 Å². The van der Waals surface area contributed by atoms with Crippen molar-refractivity contribution in [3.8, 4) is 11.3 Å². The lowest BCUT2D eigenvalue weighted by molar-refractivity contribution is -0.142. The van der Waals surface area contributed by atoms with Gasteiger partial charge in [0.2, 0.25) is 5.91 Å². The van der Waals surface area contributed by atoms with Gasteiger partial charge in [0.25, 0.3) is 0 Å². The van der Waals surface area contributed by atoms with Crippen LogP contribution in [0.1, 0.15) is 6.92 Å². The monoisotopic (exact) mass is 422 g/mol. The first-order chi connectivity index (χ1) is 13.0. The number of benzene rings is 2. The van der Waals surface area contributed by atoms with Crippen LogP contribution in [0.3, 0.4) is 0 Å². The molecule has 2 saturated heterocycles. The van der Waals surface area contributed by atoms with Crippen molar-refractivity contribution >= 4 is 38.4 Å². The van der Waals surface area contributed by atoms with E-state index in [-0.39, 0.29) is 5.91 Å². The van der Waals surface area contributed by atoms with Crippen molar-refractivity contribution in [1.29, 1.82) is 0 Å². The van der Waals surface area contributed by atoms with Crippen molar-refractivity contribution < 1.29 is 4.79 Å². The van der Waals surface area contributed by atoms with Crippen molar-refractivity contribution in [2.45, 2.75) is 6.92 Å². The van der Waals surface area contributed by atoms with Gasteiger partial charge in [-0.25, -0.2) is 9.97 Å². The van der Waals surface area contributed by atoms with E-state index >= 15 is 0 Å². The van der Waals surface area contributed by atoms with Crippen molar-refractivity contribution in [3.63, 3.8) is 0 Å². The van der Waals surface area contributed by atoms with Crippen molar-refractivity contribution in [2.75, 3.05) is 31.1 Å². The van der Waals surface area contributed by atoms with Gasteiger partial charge in [-0.1, -0.05) is 28.1 Å². The molecule has 136 valence electrons. The lowest BCUT2D eigenvalue weighted by atomic mass is 9.72. The van der Waals surface area contributed by atoms with Gasteiger partial charge in [-0.15, -0.1) is 0 Å². The van der Waals surface area contributed by atoms with E-state index < -0.39 is 0 Å². The van der Waals surface area contributed by atoms with Crippen LogP contribution in [0.2, 0.25) is 0 Å². The minimum Gasteiger partial charge on any atom is -0.370 e. The first kappa shape index (κ1) is 16.7. The molecule has 0 bridgehead atoms. The highest BCUT2D eigenvalue weighted by Gasteiger charge is 2.52. The standard InChI is InChI=1S/C21H19BrN4O/c1-14(27)25-9-21(10-25)11-26(12-21)17-5-2-15(3-6-17)20-18-8-16(22)4-7-19(18)23-13-24-20/h2-8,13H,9-12H2,1H3. The second-order valence-corrected chi connectivity index (χ2v) is 8.58. The molecule has 5 rings (SSSR count). The third kappa shape index (κ3) is 2.79. The lowest BCUT2D eigenvalue weighted by Gasteiger charge is -2.60. The molecule has 2 aliphatic heterocycles. The lowest BCUT2D eigenvalue weighted by Crippen LogP contribution is -2.72. The van der Waals surface area contributed by atoms with Gasteiger partial charge in [-0.2, -0.15) is 0 Å². The van der Waals surface area contributed by atoms with E-state index in [1.165, 1.54) is 5.69 Å². The number of hydrogen-bond acceptors (Lipinski definition) is 4. The van der Waals surface area contributed by atoms with E-state index in [0.29, 0.717) is 5.41 Å². The molecule has 5 nitrogen and oxygen atoms in total. The summed E-state index contributed by atoms with van der Waals surface area (Å²) in [5.41, 5.74) is 4.52. The number of likely N-dealkylation sites (tertiary alicyclic amines) is 1. The number of carbonyl (C=O) groups is 1. The predicted octanol–water partition coefficient (Wildman–Crippen LogP) is 3.73. The Kier molecular flexibility index (Phi) is 3.72. The van der Waals surface area contributed by atoms with Gasteiger partial charge in [0.15, 0.2) is 0 Å². The molecule has 1 amide bonds. The van der Waals surface area contributed by atoms with E-state index in [1.54, 1.807) is 13.3 Å². The van der Waals surface area contributed by atoms with Crippen LogP contribution in [0.4, 0.5) is 5.69 Å². The molecule has 0 N–H and O–H groups in total. The Morgan fingerprint density at radius 1 is 1.04 bits per heavy atom. The minimum atomic E-state index is 0.187. The Hall–Kier alpha value is -2.47. The summed E-state index contributed by atoms with van der Waals surface area (Å²) in [6.45, 7) is 5.51. The molecule has 1 spiro atoms. The van der Waals surface area contributed by atoms with Crippen LogP contribution in [0.15, 0.2) is 53.3 Å². The van der Waals surface area contributed by atoms with Crippen LogP contribution >= 0.6 is 15.9 Å². The quantitative estimate of drug-likeness (QED) is 0.631. The fraction of sp³-hybridized carbons (Fsp3) is 0.286. The summed E-state index contributed by atoms with van der Waals surface area (Å²) < 4.78 is 1.02. The van der Waals surface area contributed by atoms with Gasteiger partial charge >= 0.3 is 0 Å². The molecular weight excluding hydrogens is 404 g/mol. The molecule has 6 heteroatoms. The number of fused-ring (bicyclic) bond motifs is 1. The smallest absolute Gasteiger partial charge is 0.219 e. The molecule has 0 saturated carbocycles. The fourth-order valence-corrected chi connectivity index (χ4v) is 4.58.